The lowest BCUT2D eigenvalue weighted by molar-refractivity contribution is -0.133. The van der Waals surface area contributed by atoms with Gasteiger partial charge in [-0.1, -0.05) is 23.7 Å². The summed E-state index contributed by atoms with van der Waals surface area (Å²) in [5.41, 5.74) is 2.53. The van der Waals surface area contributed by atoms with E-state index in [0.29, 0.717) is 23.7 Å². The van der Waals surface area contributed by atoms with Crippen LogP contribution in [0.4, 0.5) is 5.69 Å². The van der Waals surface area contributed by atoms with Gasteiger partial charge in [0.05, 0.1) is 23.9 Å². The van der Waals surface area contributed by atoms with Gasteiger partial charge in [-0.05, 0) is 36.4 Å². The minimum atomic E-state index is -0.253. The number of aryl methyl sites for hydroxylation is 1. The highest BCUT2D eigenvalue weighted by Crippen LogP contribution is 2.14. The Balaban J connectivity index is 1.51. The molecule has 2 aromatic carbocycles. The zero-order valence-electron chi connectivity index (χ0n) is 14.4. The molecular formula is C19H19ClN4O2. The van der Waals surface area contributed by atoms with Crippen LogP contribution in [0.25, 0.3) is 11.0 Å². The van der Waals surface area contributed by atoms with E-state index in [1.165, 1.54) is 4.90 Å². The number of rotatable bonds is 6. The first-order valence-corrected chi connectivity index (χ1v) is 8.60. The minimum Gasteiger partial charge on any atom is -0.336 e. The van der Waals surface area contributed by atoms with Gasteiger partial charge in [0.15, 0.2) is 0 Å². The number of amides is 2. The number of aromatic nitrogens is 2. The van der Waals surface area contributed by atoms with Crippen LogP contribution in [0.2, 0.25) is 5.02 Å². The average molecular weight is 371 g/mol. The molecule has 1 aromatic heterocycles. The SMILES string of the molecule is CN(CC(=O)Nc1ccc(Cl)cc1)C(=O)CCn1cnc2ccccc21. The van der Waals surface area contributed by atoms with Crippen molar-refractivity contribution in [1.82, 2.24) is 14.5 Å². The Morgan fingerprint density at radius 3 is 2.65 bits per heavy atom. The number of anilines is 1. The van der Waals surface area contributed by atoms with Crippen molar-refractivity contribution >= 4 is 40.1 Å². The topological polar surface area (TPSA) is 67.2 Å². The third-order valence-electron chi connectivity index (χ3n) is 4.03. The highest BCUT2D eigenvalue weighted by atomic mass is 35.5. The average Bonchev–Trinajstić information content (AvgIpc) is 3.04. The van der Waals surface area contributed by atoms with Gasteiger partial charge in [0, 0.05) is 30.7 Å². The van der Waals surface area contributed by atoms with Crippen LogP contribution in [0.3, 0.4) is 0 Å². The number of carbonyl (C=O) groups excluding carboxylic acids is 2. The van der Waals surface area contributed by atoms with Gasteiger partial charge in [-0.25, -0.2) is 4.98 Å². The number of para-hydroxylation sites is 2. The molecule has 0 spiro atoms. The summed E-state index contributed by atoms with van der Waals surface area (Å²) in [4.78, 5) is 30.1. The maximum absolute atomic E-state index is 12.3. The Kier molecular flexibility index (Phi) is 5.53. The highest BCUT2D eigenvalue weighted by molar-refractivity contribution is 6.30. The van der Waals surface area contributed by atoms with E-state index in [1.807, 2.05) is 28.8 Å². The molecule has 6 nitrogen and oxygen atoms in total. The number of nitrogens with zero attached hydrogens (tertiary/aromatic N) is 3. The van der Waals surface area contributed by atoms with E-state index in [0.717, 1.165) is 11.0 Å². The van der Waals surface area contributed by atoms with Gasteiger partial charge in [-0.2, -0.15) is 0 Å². The molecule has 7 heteroatoms. The molecule has 3 rings (SSSR count). The van der Waals surface area contributed by atoms with Crippen LogP contribution in [0.5, 0.6) is 0 Å². The Bertz CT molecular complexity index is 921. The summed E-state index contributed by atoms with van der Waals surface area (Å²) in [6.45, 7) is 0.509. The highest BCUT2D eigenvalue weighted by Gasteiger charge is 2.13. The molecule has 26 heavy (non-hydrogen) atoms. The van der Waals surface area contributed by atoms with Gasteiger partial charge < -0.3 is 14.8 Å². The van der Waals surface area contributed by atoms with E-state index in [2.05, 4.69) is 10.3 Å². The third-order valence-corrected chi connectivity index (χ3v) is 4.28. The predicted molar refractivity (Wildman–Crippen MR) is 102 cm³/mol. The molecule has 0 radical (unpaired) electrons. The second kappa shape index (κ2) is 8.01. The number of nitrogens with one attached hydrogen (secondary N) is 1. The van der Waals surface area contributed by atoms with E-state index >= 15 is 0 Å². The number of benzene rings is 2. The summed E-state index contributed by atoms with van der Waals surface area (Å²) in [6.07, 6.45) is 2.02. The molecular weight excluding hydrogens is 352 g/mol. The molecule has 1 N–H and O–H groups in total. The zero-order chi connectivity index (χ0) is 18.5. The fourth-order valence-corrected chi connectivity index (χ4v) is 2.76. The molecule has 0 bridgehead atoms. The maximum Gasteiger partial charge on any atom is 0.243 e. The Hall–Kier alpha value is -2.86. The molecule has 1 heterocycles. The van der Waals surface area contributed by atoms with E-state index in [9.17, 15) is 9.59 Å². The van der Waals surface area contributed by atoms with Gasteiger partial charge in [0.25, 0.3) is 0 Å². The van der Waals surface area contributed by atoms with Crippen LogP contribution in [0, 0.1) is 0 Å². The fraction of sp³-hybridized carbons (Fsp3) is 0.211. The van der Waals surface area contributed by atoms with Crippen molar-refractivity contribution in [3.8, 4) is 0 Å². The molecule has 0 aliphatic carbocycles. The molecule has 0 saturated heterocycles. The molecule has 0 unspecified atom stereocenters. The summed E-state index contributed by atoms with van der Waals surface area (Å²) in [7, 11) is 1.62. The van der Waals surface area contributed by atoms with E-state index in [1.54, 1.807) is 37.6 Å². The summed E-state index contributed by atoms with van der Waals surface area (Å²) in [5.74, 6) is -0.356. The summed E-state index contributed by atoms with van der Waals surface area (Å²) >= 11 is 5.82. The van der Waals surface area contributed by atoms with Gasteiger partial charge in [-0.3, -0.25) is 9.59 Å². The van der Waals surface area contributed by atoms with Crippen LogP contribution < -0.4 is 5.32 Å². The molecule has 0 aliphatic heterocycles. The Labute approximate surface area is 156 Å². The lowest BCUT2D eigenvalue weighted by atomic mass is 10.3. The molecule has 2 amide bonds. The molecule has 0 saturated carbocycles. The van der Waals surface area contributed by atoms with E-state index in [-0.39, 0.29) is 18.4 Å². The van der Waals surface area contributed by atoms with Crippen molar-refractivity contribution in [2.24, 2.45) is 0 Å². The minimum absolute atomic E-state index is 0.00780. The molecule has 0 atom stereocenters. The largest absolute Gasteiger partial charge is 0.336 e. The number of likely N-dealkylation sites (N-methyl/N-ethyl adjacent to an activating group) is 1. The molecule has 0 aliphatic rings. The maximum atomic E-state index is 12.3. The number of fused-ring (bicyclic) bond motifs is 1. The van der Waals surface area contributed by atoms with Gasteiger partial charge in [0.2, 0.25) is 11.8 Å². The van der Waals surface area contributed by atoms with Crippen molar-refractivity contribution < 1.29 is 9.59 Å². The quantitative estimate of drug-likeness (QED) is 0.724. The fourth-order valence-electron chi connectivity index (χ4n) is 2.63. The van der Waals surface area contributed by atoms with Crippen molar-refractivity contribution in [3.63, 3.8) is 0 Å². The van der Waals surface area contributed by atoms with Gasteiger partial charge in [0.1, 0.15) is 0 Å². The van der Waals surface area contributed by atoms with Crippen molar-refractivity contribution in [2.75, 3.05) is 18.9 Å². The van der Waals surface area contributed by atoms with Crippen LogP contribution >= 0.6 is 11.6 Å². The van der Waals surface area contributed by atoms with Gasteiger partial charge >= 0.3 is 0 Å². The third kappa shape index (κ3) is 4.40. The van der Waals surface area contributed by atoms with Crippen LogP contribution in [0.15, 0.2) is 54.9 Å². The lowest BCUT2D eigenvalue weighted by Crippen LogP contribution is -2.35. The van der Waals surface area contributed by atoms with Crippen molar-refractivity contribution in [3.05, 3.63) is 59.9 Å². The monoisotopic (exact) mass is 370 g/mol. The number of hydrogen-bond donors (Lipinski definition) is 1. The Morgan fingerprint density at radius 2 is 1.88 bits per heavy atom. The number of imidazole rings is 1. The second-order valence-corrected chi connectivity index (χ2v) is 6.42. The first kappa shape index (κ1) is 17.9. The van der Waals surface area contributed by atoms with Crippen molar-refractivity contribution in [2.45, 2.75) is 13.0 Å². The summed E-state index contributed by atoms with van der Waals surface area (Å²) in [6, 6.07) is 14.6. The lowest BCUT2D eigenvalue weighted by Gasteiger charge is -2.17. The zero-order valence-corrected chi connectivity index (χ0v) is 15.1. The number of carbonyl (C=O) groups is 2. The van der Waals surface area contributed by atoms with E-state index < -0.39 is 0 Å². The molecule has 3 aromatic rings. The first-order valence-electron chi connectivity index (χ1n) is 8.22. The summed E-state index contributed by atoms with van der Waals surface area (Å²) < 4.78 is 1.94. The number of halogens is 1. The normalized spacial score (nSPS) is 10.7. The standard InChI is InChI=1S/C19H19ClN4O2/c1-23(12-18(25)22-15-8-6-14(20)7-9-15)19(26)10-11-24-13-21-16-4-2-3-5-17(16)24/h2-9,13H,10-12H2,1H3,(H,22,25). The first-order chi connectivity index (χ1) is 12.5. The Morgan fingerprint density at radius 1 is 1.15 bits per heavy atom. The second-order valence-electron chi connectivity index (χ2n) is 5.98. The number of hydrogen-bond acceptors (Lipinski definition) is 3. The van der Waals surface area contributed by atoms with E-state index in [4.69, 9.17) is 11.6 Å². The molecule has 134 valence electrons. The molecule has 0 fully saturated rings. The smallest absolute Gasteiger partial charge is 0.243 e. The van der Waals surface area contributed by atoms with Crippen molar-refractivity contribution in [1.29, 1.82) is 0 Å². The van der Waals surface area contributed by atoms with Crippen LogP contribution in [-0.2, 0) is 16.1 Å². The van der Waals surface area contributed by atoms with Gasteiger partial charge in [-0.15, -0.1) is 0 Å². The van der Waals surface area contributed by atoms with Crippen LogP contribution in [-0.4, -0.2) is 39.9 Å². The summed E-state index contributed by atoms with van der Waals surface area (Å²) in [5, 5.41) is 3.34. The van der Waals surface area contributed by atoms with Crippen LogP contribution in [0.1, 0.15) is 6.42 Å². The predicted octanol–water partition coefficient (Wildman–Crippen LogP) is 3.18.